The number of nitrogens with zero attached hydrogens (tertiary/aromatic N) is 2. The van der Waals surface area contributed by atoms with Crippen LogP contribution in [0.5, 0.6) is 0 Å². The minimum atomic E-state index is 0.244. The van der Waals surface area contributed by atoms with Crippen LogP contribution in [0.15, 0.2) is 0 Å². The number of hydrogen-bond acceptors (Lipinski definition) is 2. The van der Waals surface area contributed by atoms with E-state index in [1.807, 2.05) is 0 Å². The first-order valence-electron chi connectivity index (χ1n) is 9.56. The molecule has 0 amide bonds. The first-order chi connectivity index (χ1) is 10.0. The third-order valence-electron chi connectivity index (χ3n) is 5.07. The van der Waals surface area contributed by atoms with Crippen molar-refractivity contribution in [1.82, 2.24) is 9.62 Å². The normalized spacial score (nSPS) is 13.1. The quantitative estimate of drug-likeness (QED) is 0.537. The van der Waals surface area contributed by atoms with E-state index in [1.165, 1.54) is 38.4 Å². The standard InChI is InChI=1S/C18H42B2N2/c1-11-19(12-2)21(17(5,6)7)15-16-22(18(8,9)10)20(13-3)14-4/h11-16H2,1-10H3. The van der Waals surface area contributed by atoms with E-state index in [0.29, 0.717) is 13.7 Å². The van der Waals surface area contributed by atoms with Gasteiger partial charge in [-0.25, -0.2) is 0 Å². The third kappa shape index (κ3) is 6.66. The lowest BCUT2D eigenvalue weighted by Crippen LogP contribution is -2.57. The van der Waals surface area contributed by atoms with Crippen LogP contribution in [0.3, 0.4) is 0 Å². The predicted octanol–water partition coefficient (Wildman–Crippen LogP) is 5.25. The van der Waals surface area contributed by atoms with Gasteiger partial charge in [0.1, 0.15) is 0 Å². The van der Waals surface area contributed by atoms with Crippen LogP contribution in [0.1, 0.15) is 69.2 Å². The molecule has 0 N–H and O–H groups in total. The summed E-state index contributed by atoms with van der Waals surface area (Å²) in [4.78, 5) is 5.46. The van der Waals surface area contributed by atoms with Crippen LogP contribution in [0, 0.1) is 0 Å². The minimum absolute atomic E-state index is 0.244. The zero-order chi connectivity index (χ0) is 17.6. The molecule has 0 saturated heterocycles. The summed E-state index contributed by atoms with van der Waals surface area (Å²) < 4.78 is 0. The molecule has 0 spiro atoms. The average Bonchev–Trinajstić information content (AvgIpc) is 2.39. The van der Waals surface area contributed by atoms with Gasteiger partial charge in [0.15, 0.2) is 0 Å². The molecule has 0 atom stereocenters. The van der Waals surface area contributed by atoms with E-state index in [2.05, 4.69) is 78.9 Å². The second-order valence-electron chi connectivity index (χ2n) is 8.67. The summed E-state index contributed by atoms with van der Waals surface area (Å²) in [6, 6.07) is 0. The van der Waals surface area contributed by atoms with E-state index in [1.54, 1.807) is 0 Å². The Hall–Kier alpha value is 0.0499. The molecule has 2 nitrogen and oxygen atoms in total. The van der Waals surface area contributed by atoms with Crippen LogP contribution < -0.4 is 0 Å². The molecule has 0 heterocycles. The predicted molar refractivity (Wildman–Crippen MR) is 106 cm³/mol. The van der Waals surface area contributed by atoms with Crippen LogP contribution >= 0.6 is 0 Å². The van der Waals surface area contributed by atoms with E-state index < -0.39 is 0 Å². The van der Waals surface area contributed by atoms with Gasteiger partial charge in [0.05, 0.1) is 0 Å². The van der Waals surface area contributed by atoms with Gasteiger partial charge in [-0.15, -0.1) is 0 Å². The van der Waals surface area contributed by atoms with E-state index in [4.69, 9.17) is 0 Å². The van der Waals surface area contributed by atoms with Crippen molar-refractivity contribution in [2.45, 2.75) is 106 Å². The Morgan fingerprint density at radius 1 is 0.545 bits per heavy atom. The summed E-state index contributed by atoms with van der Waals surface area (Å²) in [5, 5.41) is 0. The van der Waals surface area contributed by atoms with Crippen LogP contribution in [-0.2, 0) is 0 Å². The van der Waals surface area contributed by atoms with Crippen LogP contribution in [-0.4, -0.2) is 47.5 Å². The lowest BCUT2D eigenvalue weighted by Gasteiger charge is -2.45. The van der Waals surface area contributed by atoms with Crippen molar-refractivity contribution >= 4 is 13.7 Å². The van der Waals surface area contributed by atoms with Crippen molar-refractivity contribution in [3.05, 3.63) is 0 Å². The van der Waals surface area contributed by atoms with Gasteiger partial charge in [-0.2, -0.15) is 0 Å². The van der Waals surface area contributed by atoms with E-state index in [9.17, 15) is 0 Å². The molecular weight excluding hydrogens is 266 g/mol. The van der Waals surface area contributed by atoms with Crippen molar-refractivity contribution in [3.8, 4) is 0 Å². The highest BCUT2D eigenvalue weighted by Crippen LogP contribution is 2.23. The van der Waals surface area contributed by atoms with Crippen LogP contribution in [0.4, 0.5) is 0 Å². The molecule has 4 heteroatoms. The maximum Gasteiger partial charge on any atom is 0.223 e. The molecule has 0 aliphatic rings. The fourth-order valence-corrected chi connectivity index (χ4v) is 3.81. The maximum absolute atomic E-state index is 2.73. The molecule has 0 unspecified atom stereocenters. The van der Waals surface area contributed by atoms with Gasteiger partial charge in [0, 0.05) is 11.1 Å². The molecule has 0 aliphatic carbocycles. The summed E-state index contributed by atoms with van der Waals surface area (Å²) in [6.07, 6.45) is 4.98. The summed E-state index contributed by atoms with van der Waals surface area (Å²) >= 11 is 0. The van der Waals surface area contributed by atoms with E-state index in [0.717, 1.165) is 0 Å². The van der Waals surface area contributed by atoms with Crippen molar-refractivity contribution in [2.24, 2.45) is 0 Å². The van der Waals surface area contributed by atoms with Crippen LogP contribution in [0.25, 0.3) is 0 Å². The van der Waals surface area contributed by atoms with Crippen molar-refractivity contribution in [2.75, 3.05) is 13.1 Å². The van der Waals surface area contributed by atoms with Gasteiger partial charge in [-0.05, 0) is 54.6 Å². The zero-order valence-electron chi connectivity index (χ0n) is 17.3. The second kappa shape index (κ2) is 9.37. The Morgan fingerprint density at radius 2 is 0.773 bits per heavy atom. The van der Waals surface area contributed by atoms with Crippen LogP contribution in [0.2, 0.25) is 25.3 Å². The molecule has 0 aromatic heterocycles. The Kier molecular flexibility index (Phi) is 9.39. The lowest BCUT2D eigenvalue weighted by atomic mass is 9.52. The monoisotopic (exact) mass is 308 g/mol. The Bertz CT molecular complexity index is 256. The molecule has 0 bridgehead atoms. The summed E-state index contributed by atoms with van der Waals surface area (Å²) in [6.45, 7) is 27.2. The largest absolute Gasteiger partial charge is 0.336 e. The molecule has 0 fully saturated rings. The molecule has 22 heavy (non-hydrogen) atoms. The van der Waals surface area contributed by atoms with Gasteiger partial charge < -0.3 is 9.62 Å². The van der Waals surface area contributed by atoms with Crippen molar-refractivity contribution in [1.29, 1.82) is 0 Å². The zero-order valence-corrected chi connectivity index (χ0v) is 17.3. The Balaban J connectivity index is 5.12. The van der Waals surface area contributed by atoms with Gasteiger partial charge >= 0.3 is 0 Å². The molecular formula is C18H42B2N2. The Labute approximate surface area is 142 Å². The molecule has 0 aromatic rings. The molecule has 0 aliphatic heterocycles. The smallest absolute Gasteiger partial charge is 0.223 e. The summed E-state index contributed by atoms with van der Waals surface area (Å²) in [5.74, 6) is 0. The van der Waals surface area contributed by atoms with E-state index in [-0.39, 0.29) is 11.1 Å². The molecule has 130 valence electrons. The molecule has 0 aromatic carbocycles. The number of rotatable bonds is 9. The summed E-state index contributed by atoms with van der Waals surface area (Å²) in [7, 11) is 0. The van der Waals surface area contributed by atoms with Gasteiger partial charge in [0.2, 0.25) is 13.7 Å². The molecule has 0 saturated carbocycles. The average molecular weight is 308 g/mol. The first kappa shape index (κ1) is 22.0. The molecule has 0 rings (SSSR count). The van der Waals surface area contributed by atoms with Gasteiger partial charge in [0.25, 0.3) is 0 Å². The lowest BCUT2D eigenvalue weighted by molar-refractivity contribution is 0.186. The fraction of sp³-hybridized carbons (Fsp3) is 1.00. The van der Waals surface area contributed by atoms with Gasteiger partial charge in [-0.3, -0.25) is 0 Å². The number of hydrogen-bond donors (Lipinski definition) is 0. The summed E-state index contributed by atoms with van der Waals surface area (Å²) in [5.41, 5.74) is 0.488. The van der Waals surface area contributed by atoms with E-state index >= 15 is 0 Å². The van der Waals surface area contributed by atoms with Gasteiger partial charge in [-0.1, -0.05) is 53.0 Å². The Morgan fingerprint density at radius 3 is 0.909 bits per heavy atom. The van der Waals surface area contributed by atoms with Crippen molar-refractivity contribution in [3.63, 3.8) is 0 Å². The highest BCUT2D eigenvalue weighted by atomic mass is 15.2. The SMILES string of the molecule is CCB(CC)N(CCN(B(CC)CC)C(C)(C)C)C(C)(C)C. The first-order valence-corrected chi connectivity index (χ1v) is 9.56. The highest BCUT2D eigenvalue weighted by molar-refractivity contribution is 6.56. The highest BCUT2D eigenvalue weighted by Gasteiger charge is 2.33. The topological polar surface area (TPSA) is 6.48 Å². The third-order valence-corrected chi connectivity index (χ3v) is 5.07. The van der Waals surface area contributed by atoms with Crippen molar-refractivity contribution < 1.29 is 0 Å². The fourth-order valence-electron chi connectivity index (χ4n) is 3.81. The maximum atomic E-state index is 2.73. The second-order valence-corrected chi connectivity index (χ2v) is 8.67. The molecule has 0 radical (unpaired) electrons. The minimum Gasteiger partial charge on any atom is -0.336 e.